The zero-order chi connectivity index (χ0) is 16.7. The van der Waals surface area contributed by atoms with Crippen LogP contribution in [0, 0.1) is 16.0 Å². The van der Waals surface area contributed by atoms with Crippen LogP contribution in [0.3, 0.4) is 0 Å². The van der Waals surface area contributed by atoms with Gasteiger partial charge in [-0.25, -0.2) is 0 Å². The molecule has 7 nitrogen and oxygen atoms in total. The highest BCUT2D eigenvalue weighted by Gasteiger charge is 2.18. The lowest BCUT2D eigenvalue weighted by Crippen LogP contribution is -2.33. The van der Waals surface area contributed by atoms with Gasteiger partial charge in [-0.15, -0.1) is 0 Å². The zero-order valence-electron chi connectivity index (χ0n) is 12.0. The highest BCUT2D eigenvalue weighted by Crippen LogP contribution is 2.23. The van der Waals surface area contributed by atoms with Gasteiger partial charge >= 0.3 is 5.97 Å². The number of aliphatic carboxylic acids is 1. The average Bonchev–Trinajstić information content (AvgIpc) is 2.45. The van der Waals surface area contributed by atoms with E-state index in [-0.39, 0.29) is 24.6 Å². The fourth-order valence-corrected chi connectivity index (χ4v) is 2.43. The maximum atomic E-state index is 11.9. The van der Waals surface area contributed by atoms with Crippen LogP contribution in [-0.2, 0) is 16.0 Å². The minimum absolute atomic E-state index is 0.0248. The molecule has 8 heteroatoms. The fraction of sp³-hybridized carbons (Fsp3) is 0.429. The maximum Gasteiger partial charge on any atom is 0.308 e. The number of nitro benzene ring substituents is 1. The van der Waals surface area contributed by atoms with Gasteiger partial charge in [0.25, 0.3) is 5.69 Å². The minimum atomic E-state index is -0.932. The van der Waals surface area contributed by atoms with Crippen molar-refractivity contribution in [3.8, 4) is 0 Å². The summed E-state index contributed by atoms with van der Waals surface area (Å²) in [5.41, 5.74) is 0.537. The molecule has 0 aromatic heterocycles. The Morgan fingerprint density at radius 2 is 2.14 bits per heavy atom. The summed E-state index contributed by atoms with van der Waals surface area (Å²) in [6.07, 6.45) is 1.24. The highest BCUT2D eigenvalue weighted by molar-refractivity contribution is 9.10. The lowest BCUT2D eigenvalue weighted by molar-refractivity contribution is -0.384. The van der Waals surface area contributed by atoms with Gasteiger partial charge in [-0.05, 0) is 12.0 Å². The standard InChI is InChI=1S/C14H17BrN2O5/c1-2-3-10(14(19)20)8-16-13(18)6-9-4-5-11(17(21)22)7-12(9)15/h4-5,7,10H,2-3,6,8H2,1H3,(H,16,18)(H,19,20). The van der Waals surface area contributed by atoms with Crippen molar-refractivity contribution in [1.29, 1.82) is 0 Å². The van der Waals surface area contributed by atoms with E-state index in [0.717, 1.165) is 6.42 Å². The van der Waals surface area contributed by atoms with Crippen LogP contribution in [0.15, 0.2) is 22.7 Å². The Bertz CT molecular complexity index is 576. The molecule has 0 saturated carbocycles. The van der Waals surface area contributed by atoms with E-state index in [1.807, 2.05) is 6.92 Å². The number of carbonyl (C=O) groups is 2. The largest absolute Gasteiger partial charge is 0.481 e. The number of carbonyl (C=O) groups excluding carboxylic acids is 1. The third kappa shape index (κ3) is 5.44. The van der Waals surface area contributed by atoms with E-state index in [4.69, 9.17) is 5.11 Å². The van der Waals surface area contributed by atoms with Crippen molar-refractivity contribution in [2.24, 2.45) is 5.92 Å². The summed E-state index contributed by atoms with van der Waals surface area (Å²) in [5.74, 6) is -1.86. The van der Waals surface area contributed by atoms with Crippen molar-refractivity contribution in [1.82, 2.24) is 5.32 Å². The van der Waals surface area contributed by atoms with E-state index in [1.54, 1.807) is 0 Å². The first-order valence-corrected chi connectivity index (χ1v) is 7.56. The van der Waals surface area contributed by atoms with Gasteiger partial charge in [-0.2, -0.15) is 0 Å². The molecule has 0 aliphatic carbocycles. The van der Waals surface area contributed by atoms with Gasteiger partial charge in [-0.3, -0.25) is 19.7 Å². The van der Waals surface area contributed by atoms with Gasteiger partial charge in [0.15, 0.2) is 0 Å². The second kappa shape index (κ2) is 8.47. The van der Waals surface area contributed by atoms with Crippen LogP contribution in [0.4, 0.5) is 5.69 Å². The molecule has 0 heterocycles. The van der Waals surface area contributed by atoms with E-state index in [9.17, 15) is 19.7 Å². The van der Waals surface area contributed by atoms with Crippen molar-refractivity contribution in [3.63, 3.8) is 0 Å². The molecule has 0 bridgehead atoms. The van der Waals surface area contributed by atoms with E-state index >= 15 is 0 Å². The Morgan fingerprint density at radius 3 is 2.64 bits per heavy atom. The molecular weight excluding hydrogens is 356 g/mol. The summed E-state index contributed by atoms with van der Waals surface area (Å²) >= 11 is 3.19. The molecule has 0 radical (unpaired) electrons. The van der Waals surface area contributed by atoms with Crippen LogP contribution in [-0.4, -0.2) is 28.5 Å². The monoisotopic (exact) mass is 372 g/mol. The first-order valence-electron chi connectivity index (χ1n) is 6.77. The molecule has 1 atom stereocenters. The number of benzene rings is 1. The third-order valence-corrected chi connectivity index (χ3v) is 3.87. The Morgan fingerprint density at radius 1 is 1.45 bits per heavy atom. The number of nitro groups is 1. The van der Waals surface area contributed by atoms with E-state index in [2.05, 4.69) is 21.2 Å². The Labute approximate surface area is 136 Å². The molecular formula is C14H17BrN2O5. The summed E-state index contributed by atoms with van der Waals surface area (Å²) in [4.78, 5) is 33.0. The number of nitrogens with one attached hydrogen (secondary N) is 1. The summed E-state index contributed by atoms with van der Waals surface area (Å²) in [6, 6.07) is 4.16. The van der Waals surface area contributed by atoms with Crippen LogP contribution >= 0.6 is 15.9 Å². The van der Waals surface area contributed by atoms with Gasteiger partial charge in [0.1, 0.15) is 0 Å². The molecule has 0 fully saturated rings. The van der Waals surface area contributed by atoms with Gasteiger partial charge in [0.2, 0.25) is 5.91 Å². The summed E-state index contributed by atoms with van der Waals surface area (Å²) < 4.78 is 0.472. The second-order valence-corrected chi connectivity index (χ2v) is 5.69. The summed E-state index contributed by atoms with van der Waals surface area (Å²) in [6.45, 7) is 1.96. The molecule has 0 saturated heterocycles. The van der Waals surface area contributed by atoms with E-state index < -0.39 is 16.8 Å². The molecule has 1 unspecified atom stereocenters. The van der Waals surface area contributed by atoms with Gasteiger partial charge in [0.05, 0.1) is 17.3 Å². The van der Waals surface area contributed by atoms with Crippen molar-refractivity contribution in [2.45, 2.75) is 26.2 Å². The second-order valence-electron chi connectivity index (χ2n) is 4.84. The molecule has 120 valence electrons. The quantitative estimate of drug-likeness (QED) is 0.538. The van der Waals surface area contributed by atoms with Gasteiger partial charge in [-0.1, -0.05) is 35.3 Å². The van der Waals surface area contributed by atoms with Crippen LogP contribution in [0.5, 0.6) is 0 Å². The first kappa shape index (κ1) is 18.1. The molecule has 0 spiro atoms. The molecule has 1 aromatic rings. The molecule has 1 amide bonds. The molecule has 1 rings (SSSR count). The zero-order valence-corrected chi connectivity index (χ0v) is 13.6. The summed E-state index contributed by atoms with van der Waals surface area (Å²) in [7, 11) is 0. The number of halogens is 1. The smallest absolute Gasteiger partial charge is 0.308 e. The number of carboxylic acids is 1. The molecule has 22 heavy (non-hydrogen) atoms. The molecule has 0 aliphatic heterocycles. The molecule has 0 aliphatic rings. The minimum Gasteiger partial charge on any atom is -0.481 e. The third-order valence-electron chi connectivity index (χ3n) is 3.13. The Balaban J connectivity index is 2.62. The number of rotatable bonds is 8. The Kier molecular flexibility index (Phi) is 6.97. The maximum absolute atomic E-state index is 11.9. The summed E-state index contributed by atoms with van der Waals surface area (Å²) in [5, 5.41) is 22.2. The van der Waals surface area contributed by atoms with E-state index in [1.165, 1.54) is 18.2 Å². The SMILES string of the molecule is CCCC(CNC(=O)Cc1ccc([N+](=O)[O-])cc1Br)C(=O)O. The van der Waals surface area contributed by atoms with Crippen molar-refractivity contribution < 1.29 is 19.6 Å². The van der Waals surface area contributed by atoms with Crippen LogP contribution in [0.1, 0.15) is 25.3 Å². The van der Waals surface area contributed by atoms with E-state index in [0.29, 0.717) is 16.5 Å². The predicted octanol–water partition coefficient (Wildman–Crippen LogP) is 2.52. The molecule has 2 N–H and O–H groups in total. The topological polar surface area (TPSA) is 110 Å². The van der Waals surface area contributed by atoms with Crippen LogP contribution in [0.25, 0.3) is 0 Å². The first-order chi connectivity index (χ1) is 10.3. The Hall–Kier alpha value is -1.96. The average molecular weight is 373 g/mol. The predicted molar refractivity (Wildman–Crippen MR) is 83.5 cm³/mol. The van der Waals surface area contributed by atoms with Crippen LogP contribution in [0.2, 0.25) is 0 Å². The normalized spacial score (nSPS) is 11.7. The highest BCUT2D eigenvalue weighted by atomic mass is 79.9. The number of carboxylic acid groups (broad SMARTS) is 1. The van der Waals surface area contributed by atoms with Crippen molar-refractivity contribution in [3.05, 3.63) is 38.3 Å². The lowest BCUT2D eigenvalue weighted by Gasteiger charge is -2.12. The van der Waals surface area contributed by atoms with Crippen LogP contribution < -0.4 is 5.32 Å². The van der Waals surface area contributed by atoms with Gasteiger partial charge < -0.3 is 10.4 Å². The number of hydrogen-bond donors (Lipinski definition) is 2. The van der Waals surface area contributed by atoms with Crippen molar-refractivity contribution >= 4 is 33.5 Å². The van der Waals surface area contributed by atoms with Crippen molar-refractivity contribution in [2.75, 3.05) is 6.54 Å². The molecule has 1 aromatic carbocycles. The number of nitrogens with zero attached hydrogens (tertiary/aromatic N) is 1. The number of non-ortho nitro benzene ring substituents is 1. The lowest BCUT2D eigenvalue weighted by atomic mass is 10.0. The van der Waals surface area contributed by atoms with Gasteiger partial charge in [0, 0.05) is 23.2 Å². The number of amides is 1. The fourth-order valence-electron chi connectivity index (χ4n) is 1.93. The number of hydrogen-bond acceptors (Lipinski definition) is 4.